The van der Waals surface area contributed by atoms with Gasteiger partial charge in [0.1, 0.15) is 0 Å². The Morgan fingerprint density at radius 3 is 2.94 bits per heavy atom. The molecule has 5 heteroatoms. The number of hydrogen-bond acceptors (Lipinski definition) is 3. The topological polar surface area (TPSA) is 70.2 Å². The zero-order chi connectivity index (χ0) is 13.0. The number of carbonyl (C=O) groups is 2. The van der Waals surface area contributed by atoms with Crippen molar-refractivity contribution in [3.8, 4) is 0 Å². The van der Waals surface area contributed by atoms with Gasteiger partial charge in [0.25, 0.3) is 5.91 Å². The molecule has 5 nitrogen and oxygen atoms in total. The molecule has 18 heavy (non-hydrogen) atoms. The highest BCUT2D eigenvalue weighted by atomic mass is 16.2. The van der Waals surface area contributed by atoms with E-state index >= 15 is 0 Å². The molecule has 1 aromatic carbocycles. The number of benzene rings is 1. The number of rotatable bonds is 3. The largest absolute Gasteiger partial charge is 0.358 e. The third kappa shape index (κ3) is 2.87. The third-order valence-electron chi connectivity index (χ3n) is 3.04. The monoisotopic (exact) mass is 247 g/mol. The quantitative estimate of drug-likeness (QED) is 0.693. The van der Waals surface area contributed by atoms with Crippen LogP contribution in [-0.2, 0) is 17.8 Å². The maximum atomic E-state index is 11.8. The van der Waals surface area contributed by atoms with Gasteiger partial charge in [-0.3, -0.25) is 9.59 Å². The van der Waals surface area contributed by atoms with E-state index in [1.807, 2.05) is 18.2 Å². The van der Waals surface area contributed by atoms with Gasteiger partial charge in [-0.25, -0.2) is 0 Å². The normalized spacial score (nSPS) is 13.6. The fraction of sp³-hybridized carbons (Fsp3) is 0.385. The average Bonchev–Trinajstić information content (AvgIpc) is 2.43. The van der Waals surface area contributed by atoms with Gasteiger partial charge in [0.2, 0.25) is 5.91 Å². The summed E-state index contributed by atoms with van der Waals surface area (Å²) in [5, 5.41) is 8.31. The van der Waals surface area contributed by atoms with Gasteiger partial charge in [-0.05, 0) is 36.2 Å². The maximum absolute atomic E-state index is 11.8. The SMILES string of the molecule is CNC(=O)CNC(=O)c1ccc2c(c1)CNCC2. The van der Waals surface area contributed by atoms with E-state index in [0.717, 1.165) is 25.1 Å². The molecule has 2 amide bonds. The number of likely N-dealkylation sites (N-methyl/N-ethyl adjacent to an activating group) is 1. The minimum absolute atomic E-state index is 0.00463. The fourth-order valence-electron chi connectivity index (χ4n) is 1.97. The first-order valence-corrected chi connectivity index (χ1v) is 6.02. The second-order valence-corrected chi connectivity index (χ2v) is 4.27. The summed E-state index contributed by atoms with van der Waals surface area (Å²) in [6.07, 6.45) is 0.996. The van der Waals surface area contributed by atoms with Gasteiger partial charge in [0.05, 0.1) is 6.54 Å². The van der Waals surface area contributed by atoms with Gasteiger partial charge in [0, 0.05) is 19.2 Å². The molecule has 3 N–H and O–H groups in total. The van der Waals surface area contributed by atoms with Crippen LogP contribution < -0.4 is 16.0 Å². The Labute approximate surface area is 106 Å². The maximum Gasteiger partial charge on any atom is 0.251 e. The molecule has 2 rings (SSSR count). The Kier molecular flexibility index (Phi) is 3.94. The molecule has 0 aromatic heterocycles. The Balaban J connectivity index is 2.04. The van der Waals surface area contributed by atoms with E-state index in [0.29, 0.717) is 5.56 Å². The molecule has 96 valence electrons. The standard InChI is InChI=1S/C13H17N3O2/c1-14-12(17)8-16-13(18)10-3-2-9-4-5-15-7-11(9)6-10/h2-3,6,15H,4-5,7-8H2,1H3,(H,14,17)(H,16,18). The van der Waals surface area contributed by atoms with E-state index in [1.165, 1.54) is 5.56 Å². The molecule has 1 aromatic rings. The molecule has 0 aliphatic carbocycles. The van der Waals surface area contributed by atoms with Gasteiger partial charge in [-0.1, -0.05) is 6.07 Å². The molecular weight excluding hydrogens is 230 g/mol. The molecule has 0 fully saturated rings. The highest BCUT2D eigenvalue weighted by Gasteiger charge is 2.12. The second-order valence-electron chi connectivity index (χ2n) is 4.27. The van der Waals surface area contributed by atoms with Crippen LogP contribution in [0.15, 0.2) is 18.2 Å². The first-order valence-electron chi connectivity index (χ1n) is 6.02. The van der Waals surface area contributed by atoms with E-state index in [1.54, 1.807) is 7.05 Å². The summed E-state index contributed by atoms with van der Waals surface area (Å²) in [7, 11) is 1.54. The van der Waals surface area contributed by atoms with E-state index in [2.05, 4.69) is 16.0 Å². The highest BCUT2D eigenvalue weighted by molar-refractivity contribution is 5.96. The lowest BCUT2D eigenvalue weighted by atomic mass is 9.98. The fourth-order valence-corrected chi connectivity index (χ4v) is 1.97. The van der Waals surface area contributed by atoms with Crippen LogP contribution in [0.3, 0.4) is 0 Å². The zero-order valence-corrected chi connectivity index (χ0v) is 10.4. The molecule has 0 radical (unpaired) electrons. The summed E-state index contributed by atoms with van der Waals surface area (Å²) < 4.78 is 0. The lowest BCUT2D eigenvalue weighted by Gasteiger charge is -2.17. The summed E-state index contributed by atoms with van der Waals surface area (Å²) in [6, 6.07) is 5.69. The average molecular weight is 247 g/mol. The van der Waals surface area contributed by atoms with E-state index in [4.69, 9.17) is 0 Å². The van der Waals surface area contributed by atoms with Crippen molar-refractivity contribution in [1.29, 1.82) is 0 Å². The van der Waals surface area contributed by atoms with E-state index in [9.17, 15) is 9.59 Å². The first kappa shape index (κ1) is 12.6. The van der Waals surface area contributed by atoms with Crippen LogP contribution in [0.1, 0.15) is 21.5 Å². The van der Waals surface area contributed by atoms with Crippen molar-refractivity contribution >= 4 is 11.8 Å². The molecule has 1 aliphatic rings. The van der Waals surface area contributed by atoms with Crippen molar-refractivity contribution in [2.45, 2.75) is 13.0 Å². The predicted molar refractivity (Wildman–Crippen MR) is 68.3 cm³/mol. The van der Waals surface area contributed by atoms with Gasteiger partial charge >= 0.3 is 0 Å². The van der Waals surface area contributed by atoms with Crippen LogP contribution in [-0.4, -0.2) is 32.0 Å². The van der Waals surface area contributed by atoms with Crippen LogP contribution in [0.5, 0.6) is 0 Å². The lowest BCUT2D eigenvalue weighted by Crippen LogP contribution is -2.35. The summed E-state index contributed by atoms with van der Waals surface area (Å²) in [4.78, 5) is 22.9. The first-order chi connectivity index (χ1) is 8.70. The number of hydrogen-bond donors (Lipinski definition) is 3. The van der Waals surface area contributed by atoms with Crippen molar-refractivity contribution in [1.82, 2.24) is 16.0 Å². The smallest absolute Gasteiger partial charge is 0.251 e. The number of fused-ring (bicyclic) bond motifs is 1. The van der Waals surface area contributed by atoms with Crippen molar-refractivity contribution in [3.05, 3.63) is 34.9 Å². The van der Waals surface area contributed by atoms with Crippen LogP contribution in [0, 0.1) is 0 Å². The van der Waals surface area contributed by atoms with E-state index < -0.39 is 0 Å². The summed E-state index contributed by atoms with van der Waals surface area (Å²) in [5.74, 6) is -0.421. The molecule has 0 saturated carbocycles. The zero-order valence-electron chi connectivity index (χ0n) is 10.4. The van der Waals surface area contributed by atoms with Crippen molar-refractivity contribution in [2.24, 2.45) is 0 Å². The van der Waals surface area contributed by atoms with Gasteiger partial charge < -0.3 is 16.0 Å². The van der Waals surface area contributed by atoms with Gasteiger partial charge in [0.15, 0.2) is 0 Å². The minimum Gasteiger partial charge on any atom is -0.358 e. The molecular formula is C13H17N3O2. The number of nitrogens with one attached hydrogen (secondary N) is 3. The molecule has 0 unspecified atom stereocenters. The number of carbonyl (C=O) groups excluding carboxylic acids is 2. The Hall–Kier alpha value is -1.88. The van der Waals surface area contributed by atoms with Crippen LogP contribution >= 0.6 is 0 Å². The highest BCUT2D eigenvalue weighted by Crippen LogP contribution is 2.15. The second kappa shape index (κ2) is 5.64. The molecule has 0 bridgehead atoms. The lowest BCUT2D eigenvalue weighted by molar-refractivity contribution is -0.119. The van der Waals surface area contributed by atoms with E-state index in [-0.39, 0.29) is 18.4 Å². The number of amides is 2. The Morgan fingerprint density at radius 2 is 2.17 bits per heavy atom. The van der Waals surface area contributed by atoms with Crippen LogP contribution in [0.25, 0.3) is 0 Å². The minimum atomic E-state index is -0.216. The van der Waals surface area contributed by atoms with Crippen LogP contribution in [0.2, 0.25) is 0 Å². The van der Waals surface area contributed by atoms with Gasteiger partial charge in [-0.15, -0.1) is 0 Å². The van der Waals surface area contributed by atoms with Crippen molar-refractivity contribution in [3.63, 3.8) is 0 Å². The van der Waals surface area contributed by atoms with Crippen LogP contribution in [0.4, 0.5) is 0 Å². The Morgan fingerprint density at radius 1 is 1.33 bits per heavy atom. The Bertz CT molecular complexity index is 471. The summed E-state index contributed by atoms with van der Waals surface area (Å²) >= 11 is 0. The molecule has 1 heterocycles. The van der Waals surface area contributed by atoms with Crippen molar-refractivity contribution in [2.75, 3.05) is 20.1 Å². The third-order valence-corrected chi connectivity index (χ3v) is 3.04. The summed E-state index contributed by atoms with van der Waals surface area (Å²) in [5.41, 5.74) is 3.05. The molecule has 0 saturated heterocycles. The molecule has 1 aliphatic heterocycles. The molecule has 0 spiro atoms. The molecule has 0 atom stereocenters. The van der Waals surface area contributed by atoms with Crippen molar-refractivity contribution < 1.29 is 9.59 Å². The van der Waals surface area contributed by atoms with Gasteiger partial charge in [-0.2, -0.15) is 0 Å². The predicted octanol–water partition coefficient (Wildman–Crippen LogP) is -0.192. The summed E-state index contributed by atoms with van der Waals surface area (Å²) in [6.45, 7) is 1.78.